The molecule has 0 atom stereocenters. The number of carboxylic acid groups (broad SMARTS) is 1. The van der Waals surface area contributed by atoms with Gasteiger partial charge in [-0.15, -0.1) is 0 Å². The molecule has 0 aromatic heterocycles. The van der Waals surface area contributed by atoms with E-state index in [-0.39, 0.29) is 22.4 Å². The highest BCUT2D eigenvalue weighted by molar-refractivity contribution is 8.18. The summed E-state index contributed by atoms with van der Waals surface area (Å²) < 4.78 is 15.6. The van der Waals surface area contributed by atoms with Crippen LogP contribution in [0.4, 0.5) is 5.69 Å². The molecule has 3 rings (SSSR count). The number of aliphatic carboxylic acids is 1. The zero-order valence-electron chi connectivity index (χ0n) is 17.6. The van der Waals surface area contributed by atoms with E-state index in [4.69, 9.17) is 25.8 Å². The minimum Gasteiger partial charge on any atom is -0.546 e. The maximum absolute atomic E-state index is 12.9. The van der Waals surface area contributed by atoms with Gasteiger partial charge in [0.05, 0.1) is 35.8 Å². The molecule has 32 heavy (non-hydrogen) atoms. The van der Waals surface area contributed by atoms with Crippen LogP contribution in [-0.4, -0.2) is 49.3 Å². The first-order valence-corrected chi connectivity index (χ1v) is 10.7. The molecule has 10 heteroatoms. The first-order chi connectivity index (χ1) is 15.4. The standard InChI is InChI=1S/C22H21ClN2O6S/c1-4-25-21(28)18(32-22(25)24-14-5-7-15(29-2)8-6-14)11-13-9-16(23)20(17(10-13)30-3)31-12-19(26)27/h5-11H,4,12H2,1-3H3,(H,26,27)/p-1/b18-11-,24-22?. The molecule has 0 unspecified atom stereocenters. The molecule has 1 aliphatic heterocycles. The van der Waals surface area contributed by atoms with E-state index in [1.165, 1.54) is 18.9 Å². The van der Waals surface area contributed by atoms with E-state index < -0.39 is 12.6 Å². The van der Waals surface area contributed by atoms with Crippen molar-refractivity contribution in [2.24, 2.45) is 4.99 Å². The molecule has 1 aliphatic rings. The second kappa shape index (κ2) is 10.4. The average molecular weight is 476 g/mol. The number of benzene rings is 2. The van der Waals surface area contributed by atoms with Gasteiger partial charge >= 0.3 is 0 Å². The molecule has 1 fully saturated rings. The Kier molecular flexibility index (Phi) is 7.66. The van der Waals surface area contributed by atoms with Crippen molar-refractivity contribution in [3.8, 4) is 17.2 Å². The molecule has 0 N–H and O–H groups in total. The lowest BCUT2D eigenvalue weighted by molar-refractivity contribution is -0.307. The number of hydrogen-bond acceptors (Lipinski definition) is 8. The monoisotopic (exact) mass is 475 g/mol. The maximum Gasteiger partial charge on any atom is 0.266 e. The third-order valence-corrected chi connectivity index (χ3v) is 5.67. The van der Waals surface area contributed by atoms with Crippen LogP contribution in [0.2, 0.25) is 5.02 Å². The first-order valence-electron chi connectivity index (χ1n) is 9.50. The van der Waals surface area contributed by atoms with Crippen LogP contribution < -0.4 is 19.3 Å². The number of rotatable bonds is 8. The highest BCUT2D eigenvalue weighted by Gasteiger charge is 2.32. The molecule has 1 heterocycles. The summed E-state index contributed by atoms with van der Waals surface area (Å²) in [5.41, 5.74) is 1.28. The number of methoxy groups -OCH3 is 2. The van der Waals surface area contributed by atoms with Crippen LogP contribution in [-0.2, 0) is 9.59 Å². The van der Waals surface area contributed by atoms with Gasteiger partial charge in [-0.1, -0.05) is 11.6 Å². The number of carboxylic acids is 1. The van der Waals surface area contributed by atoms with E-state index in [2.05, 4.69) is 4.99 Å². The molecule has 8 nitrogen and oxygen atoms in total. The number of ether oxygens (including phenoxy) is 3. The van der Waals surface area contributed by atoms with Crippen LogP contribution in [0.15, 0.2) is 46.3 Å². The molecule has 168 valence electrons. The lowest BCUT2D eigenvalue weighted by Crippen LogP contribution is -2.29. The van der Waals surface area contributed by atoms with Gasteiger partial charge in [0.1, 0.15) is 12.4 Å². The van der Waals surface area contributed by atoms with Crippen LogP contribution in [0.5, 0.6) is 17.2 Å². The summed E-state index contributed by atoms with van der Waals surface area (Å²) >= 11 is 7.50. The molecular formula is C22H20ClN2O6S-. The number of thioether (sulfide) groups is 1. The Morgan fingerprint density at radius 2 is 1.94 bits per heavy atom. The molecule has 1 amide bonds. The smallest absolute Gasteiger partial charge is 0.266 e. The minimum absolute atomic E-state index is 0.0860. The van der Waals surface area contributed by atoms with E-state index >= 15 is 0 Å². The van der Waals surface area contributed by atoms with Crippen molar-refractivity contribution in [2.75, 3.05) is 27.4 Å². The van der Waals surface area contributed by atoms with Crippen molar-refractivity contribution < 1.29 is 28.9 Å². The Hall–Kier alpha value is -3.17. The van der Waals surface area contributed by atoms with Gasteiger partial charge in [0.25, 0.3) is 5.91 Å². The van der Waals surface area contributed by atoms with E-state index in [9.17, 15) is 14.7 Å². The topological polar surface area (TPSA) is 100 Å². The second-order valence-corrected chi connectivity index (χ2v) is 7.86. The first kappa shape index (κ1) is 23.5. The van der Waals surface area contributed by atoms with Crippen LogP contribution in [0.3, 0.4) is 0 Å². The Bertz CT molecular complexity index is 1080. The summed E-state index contributed by atoms with van der Waals surface area (Å²) in [5, 5.41) is 11.4. The Balaban J connectivity index is 1.90. The van der Waals surface area contributed by atoms with Gasteiger partial charge in [-0.05, 0) is 66.7 Å². The van der Waals surface area contributed by atoms with Crippen molar-refractivity contribution >= 4 is 52.2 Å². The van der Waals surface area contributed by atoms with Crippen molar-refractivity contribution in [2.45, 2.75) is 6.92 Å². The third kappa shape index (κ3) is 5.35. The Morgan fingerprint density at radius 1 is 1.22 bits per heavy atom. The summed E-state index contributed by atoms with van der Waals surface area (Å²) in [6, 6.07) is 10.4. The van der Waals surface area contributed by atoms with E-state index in [0.717, 1.165) is 5.75 Å². The molecule has 0 radical (unpaired) electrons. The minimum atomic E-state index is -1.38. The molecule has 0 spiro atoms. The largest absolute Gasteiger partial charge is 0.546 e. The fourth-order valence-corrected chi connectivity index (χ4v) is 4.22. The zero-order chi connectivity index (χ0) is 23.3. The van der Waals surface area contributed by atoms with Crippen molar-refractivity contribution in [1.82, 2.24) is 4.90 Å². The van der Waals surface area contributed by atoms with Gasteiger partial charge in [-0.3, -0.25) is 9.69 Å². The highest BCUT2D eigenvalue weighted by Crippen LogP contribution is 2.39. The zero-order valence-corrected chi connectivity index (χ0v) is 19.2. The van der Waals surface area contributed by atoms with Crippen molar-refractivity contribution in [1.29, 1.82) is 0 Å². The van der Waals surface area contributed by atoms with Crippen molar-refractivity contribution in [3.63, 3.8) is 0 Å². The van der Waals surface area contributed by atoms with Crippen LogP contribution >= 0.6 is 23.4 Å². The van der Waals surface area contributed by atoms with Crippen LogP contribution in [0, 0.1) is 0 Å². The van der Waals surface area contributed by atoms with Crippen molar-refractivity contribution in [3.05, 3.63) is 51.9 Å². The number of nitrogens with zero attached hydrogens (tertiary/aromatic N) is 2. The number of aliphatic imine (C=N–C) groups is 1. The van der Waals surface area contributed by atoms with Gasteiger partial charge in [0.2, 0.25) is 0 Å². The van der Waals surface area contributed by atoms with E-state index in [1.54, 1.807) is 42.4 Å². The SMILES string of the molecule is CCN1C(=O)/C(=C/c2cc(Cl)c(OCC(=O)[O-])c(OC)c2)SC1=Nc1ccc(OC)cc1. The number of hydrogen-bond donors (Lipinski definition) is 0. The third-order valence-electron chi connectivity index (χ3n) is 4.39. The number of amides is 1. The fraction of sp³-hybridized carbons (Fsp3) is 0.227. The molecule has 2 aromatic carbocycles. The van der Waals surface area contributed by atoms with E-state index in [0.29, 0.717) is 27.9 Å². The number of halogens is 1. The van der Waals surface area contributed by atoms with Gasteiger partial charge < -0.3 is 24.1 Å². The molecular weight excluding hydrogens is 456 g/mol. The lowest BCUT2D eigenvalue weighted by atomic mass is 10.1. The highest BCUT2D eigenvalue weighted by atomic mass is 35.5. The summed E-state index contributed by atoms with van der Waals surface area (Å²) in [6.07, 6.45) is 1.67. The van der Waals surface area contributed by atoms with Gasteiger partial charge in [-0.2, -0.15) is 0 Å². The summed E-state index contributed by atoms with van der Waals surface area (Å²) in [6.45, 7) is 1.66. The predicted molar refractivity (Wildman–Crippen MR) is 122 cm³/mol. The second-order valence-electron chi connectivity index (χ2n) is 6.45. The quantitative estimate of drug-likeness (QED) is 0.540. The van der Waals surface area contributed by atoms with Crippen LogP contribution in [0.25, 0.3) is 6.08 Å². The fourth-order valence-electron chi connectivity index (χ4n) is 2.88. The normalized spacial score (nSPS) is 16.0. The number of carbonyl (C=O) groups is 2. The van der Waals surface area contributed by atoms with Crippen LogP contribution in [0.1, 0.15) is 12.5 Å². The lowest BCUT2D eigenvalue weighted by Gasteiger charge is -2.13. The molecule has 2 aromatic rings. The molecule has 0 bridgehead atoms. The average Bonchev–Trinajstić information content (AvgIpc) is 3.06. The Labute approximate surface area is 194 Å². The van der Waals surface area contributed by atoms with E-state index in [1.807, 2.05) is 19.1 Å². The molecule has 0 aliphatic carbocycles. The molecule has 0 saturated carbocycles. The Morgan fingerprint density at radius 3 is 2.53 bits per heavy atom. The number of carbonyl (C=O) groups excluding carboxylic acids is 2. The van der Waals surface area contributed by atoms with Gasteiger partial charge in [0, 0.05) is 6.54 Å². The summed E-state index contributed by atoms with van der Waals surface area (Å²) in [5.74, 6) is -0.527. The molecule has 1 saturated heterocycles. The predicted octanol–water partition coefficient (Wildman–Crippen LogP) is 3.11. The summed E-state index contributed by atoms with van der Waals surface area (Å²) in [4.78, 5) is 30.2. The summed E-state index contributed by atoms with van der Waals surface area (Å²) in [7, 11) is 2.99. The number of likely N-dealkylation sites (N-methyl/N-ethyl adjacent to an activating group) is 1. The maximum atomic E-state index is 12.9. The van der Waals surface area contributed by atoms with Gasteiger partial charge in [-0.25, -0.2) is 4.99 Å². The number of amidine groups is 1. The van der Waals surface area contributed by atoms with Gasteiger partial charge in [0.15, 0.2) is 16.7 Å².